The molecule has 6 nitrogen and oxygen atoms in total. The number of hydrogen-bond acceptors (Lipinski definition) is 3. The molecule has 1 aliphatic heterocycles. The molecule has 6 heteroatoms. The van der Waals surface area contributed by atoms with Crippen LogP contribution in [0.15, 0.2) is 4.99 Å². The lowest BCUT2D eigenvalue weighted by molar-refractivity contribution is -0.134. The molecule has 70 valence electrons. The minimum absolute atomic E-state index is 0.247. The van der Waals surface area contributed by atoms with Crippen LogP contribution in [0.3, 0.4) is 0 Å². The molecule has 3 amide bonds. The summed E-state index contributed by atoms with van der Waals surface area (Å²) < 4.78 is 0. The standard InChI is InChI=1S/C7H9N3O3/c1-3-8-6(12)5(7(13)9-3)10-4(2)11/h5H,1-2H3,(H,10,11)(H,8,9,12,13). The van der Waals surface area contributed by atoms with Gasteiger partial charge in [0, 0.05) is 6.92 Å². The highest BCUT2D eigenvalue weighted by Gasteiger charge is 2.30. The Hall–Kier alpha value is -1.72. The molecule has 0 spiro atoms. The normalized spacial score (nSPS) is 22.0. The number of carbonyl (C=O) groups is 3. The van der Waals surface area contributed by atoms with E-state index in [1.165, 1.54) is 13.8 Å². The van der Waals surface area contributed by atoms with Crippen molar-refractivity contribution in [1.82, 2.24) is 10.6 Å². The molecular formula is C7H9N3O3. The first-order valence-electron chi connectivity index (χ1n) is 3.68. The molecule has 1 aliphatic rings. The van der Waals surface area contributed by atoms with Gasteiger partial charge in [0.25, 0.3) is 11.8 Å². The van der Waals surface area contributed by atoms with Gasteiger partial charge < -0.3 is 10.6 Å². The van der Waals surface area contributed by atoms with Gasteiger partial charge in [-0.25, -0.2) is 0 Å². The fourth-order valence-corrected chi connectivity index (χ4v) is 0.951. The molecule has 0 saturated carbocycles. The van der Waals surface area contributed by atoms with Crippen LogP contribution in [0.1, 0.15) is 13.8 Å². The van der Waals surface area contributed by atoms with Gasteiger partial charge in [-0.2, -0.15) is 4.99 Å². The van der Waals surface area contributed by atoms with Crippen molar-refractivity contribution in [3.05, 3.63) is 0 Å². The Labute approximate surface area is 74.4 Å². The highest BCUT2D eigenvalue weighted by atomic mass is 16.2. The van der Waals surface area contributed by atoms with E-state index in [9.17, 15) is 14.4 Å². The zero-order chi connectivity index (χ0) is 10.0. The van der Waals surface area contributed by atoms with Gasteiger partial charge in [0.1, 0.15) is 5.84 Å². The predicted octanol–water partition coefficient (Wildman–Crippen LogP) is -1.43. The van der Waals surface area contributed by atoms with Gasteiger partial charge in [0.05, 0.1) is 0 Å². The molecule has 2 N–H and O–H groups in total. The molecule has 0 aromatic carbocycles. The van der Waals surface area contributed by atoms with Crippen LogP contribution in [-0.2, 0) is 14.4 Å². The number of amides is 3. The Morgan fingerprint density at radius 2 is 2.15 bits per heavy atom. The largest absolute Gasteiger partial charge is 0.337 e. The fourth-order valence-electron chi connectivity index (χ4n) is 0.951. The summed E-state index contributed by atoms with van der Waals surface area (Å²) in [5, 5.41) is 4.53. The summed E-state index contributed by atoms with van der Waals surface area (Å²) in [4.78, 5) is 36.3. The van der Waals surface area contributed by atoms with Crippen molar-refractivity contribution in [2.75, 3.05) is 0 Å². The van der Waals surface area contributed by atoms with Crippen LogP contribution in [0.2, 0.25) is 0 Å². The quantitative estimate of drug-likeness (QED) is 0.488. The number of nitrogens with zero attached hydrogens (tertiary/aromatic N) is 1. The lowest BCUT2D eigenvalue weighted by atomic mass is 10.2. The minimum atomic E-state index is -1.18. The van der Waals surface area contributed by atoms with Crippen molar-refractivity contribution in [1.29, 1.82) is 0 Å². The minimum Gasteiger partial charge on any atom is -0.337 e. The van der Waals surface area contributed by atoms with E-state index in [-0.39, 0.29) is 5.84 Å². The molecule has 0 bridgehead atoms. The van der Waals surface area contributed by atoms with E-state index in [1.807, 2.05) is 0 Å². The summed E-state index contributed by atoms with van der Waals surface area (Å²) in [5.41, 5.74) is 0. The fraction of sp³-hybridized carbons (Fsp3) is 0.429. The molecule has 1 rings (SSSR count). The lowest BCUT2D eigenvalue weighted by Gasteiger charge is -2.18. The number of amidine groups is 1. The van der Waals surface area contributed by atoms with Gasteiger partial charge in [-0.1, -0.05) is 0 Å². The van der Waals surface area contributed by atoms with E-state index in [4.69, 9.17) is 0 Å². The number of rotatable bonds is 1. The van der Waals surface area contributed by atoms with Gasteiger partial charge >= 0.3 is 0 Å². The second-order valence-corrected chi connectivity index (χ2v) is 2.66. The van der Waals surface area contributed by atoms with E-state index in [0.717, 1.165) is 0 Å². The average Bonchev–Trinajstić information content (AvgIpc) is 1.96. The first kappa shape index (κ1) is 9.37. The maximum Gasteiger partial charge on any atom is 0.279 e. The molecule has 0 aliphatic carbocycles. The highest BCUT2D eigenvalue weighted by Crippen LogP contribution is 1.96. The Kier molecular flexibility index (Phi) is 2.41. The van der Waals surface area contributed by atoms with E-state index in [1.54, 1.807) is 0 Å². The molecule has 0 fully saturated rings. The molecule has 13 heavy (non-hydrogen) atoms. The van der Waals surface area contributed by atoms with Crippen LogP contribution in [0.25, 0.3) is 0 Å². The van der Waals surface area contributed by atoms with Crippen molar-refractivity contribution >= 4 is 23.6 Å². The molecule has 0 unspecified atom stereocenters. The van der Waals surface area contributed by atoms with E-state index >= 15 is 0 Å². The summed E-state index contributed by atoms with van der Waals surface area (Å²) in [6.07, 6.45) is 0. The van der Waals surface area contributed by atoms with Gasteiger partial charge in [0.2, 0.25) is 5.91 Å². The topological polar surface area (TPSA) is 87.6 Å². The van der Waals surface area contributed by atoms with Crippen molar-refractivity contribution in [3.8, 4) is 0 Å². The number of aliphatic imine (C=N–C) groups is 1. The average molecular weight is 183 g/mol. The first-order chi connectivity index (χ1) is 6.00. The summed E-state index contributed by atoms with van der Waals surface area (Å²) in [6, 6.07) is -1.18. The number of carbonyl (C=O) groups excluding carboxylic acids is 3. The maximum absolute atomic E-state index is 11.1. The zero-order valence-corrected chi connectivity index (χ0v) is 7.25. The highest BCUT2D eigenvalue weighted by molar-refractivity contribution is 6.18. The Balaban J connectivity index is 2.81. The van der Waals surface area contributed by atoms with Gasteiger partial charge in [0.15, 0.2) is 6.04 Å². The summed E-state index contributed by atoms with van der Waals surface area (Å²) >= 11 is 0. The summed E-state index contributed by atoms with van der Waals surface area (Å²) in [5.74, 6) is -1.39. The maximum atomic E-state index is 11.1. The predicted molar refractivity (Wildman–Crippen MR) is 43.9 cm³/mol. The second kappa shape index (κ2) is 3.34. The molecule has 0 aromatic rings. The van der Waals surface area contributed by atoms with Crippen LogP contribution in [-0.4, -0.2) is 29.6 Å². The lowest BCUT2D eigenvalue weighted by Crippen LogP contribution is -2.54. The van der Waals surface area contributed by atoms with Crippen molar-refractivity contribution in [2.45, 2.75) is 19.9 Å². The van der Waals surface area contributed by atoms with Gasteiger partial charge in [-0.15, -0.1) is 0 Å². The van der Waals surface area contributed by atoms with Crippen molar-refractivity contribution in [2.24, 2.45) is 4.99 Å². The molecule has 0 saturated heterocycles. The first-order valence-corrected chi connectivity index (χ1v) is 3.68. The van der Waals surface area contributed by atoms with Crippen molar-refractivity contribution in [3.63, 3.8) is 0 Å². The molecular weight excluding hydrogens is 174 g/mol. The Morgan fingerprint density at radius 3 is 2.62 bits per heavy atom. The smallest absolute Gasteiger partial charge is 0.279 e. The summed E-state index contributed by atoms with van der Waals surface area (Å²) in [6.45, 7) is 2.73. The van der Waals surface area contributed by atoms with Crippen LogP contribution < -0.4 is 10.6 Å². The van der Waals surface area contributed by atoms with E-state index < -0.39 is 23.8 Å². The third kappa shape index (κ3) is 2.11. The van der Waals surface area contributed by atoms with Crippen molar-refractivity contribution < 1.29 is 14.4 Å². The Morgan fingerprint density at radius 1 is 1.54 bits per heavy atom. The third-order valence-corrected chi connectivity index (χ3v) is 1.44. The molecule has 1 heterocycles. The summed E-state index contributed by atoms with van der Waals surface area (Å²) in [7, 11) is 0. The van der Waals surface area contributed by atoms with E-state index in [0.29, 0.717) is 0 Å². The number of nitrogens with one attached hydrogen (secondary N) is 2. The second-order valence-electron chi connectivity index (χ2n) is 2.66. The van der Waals surface area contributed by atoms with E-state index in [2.05, 4.69) is 15.6 Å². The van der Waals surface area contributed by atoms with Crippen LogP contribution in [0.4, 0.5) is 0 Å². The van der Waals surface area contributed by atoms with Gasteiger partial charge in [-0.3, -0.25) is 14.4 Å². The molecule has 0 aromatic heterocycles. The van der Waals surface area contributed by atoms with Crippen LogP contribution >= 0.6 is 0 Å². The van der Waals surface area contributed by atoms with Crippen LogP contribution in [0.5, 0.6) is 0 Å². The molecule has 1 atom stereocenters. The van der Waals surface area contributed by atoms with Crippen LogP contribution in [0, 0.1) is 0 Å². The SMILES string of the molecule is CC(=O)N[C@H]1C(=O)N=C(C)NC1=O. The molecule has 0 radical (unpaired) electrons. The van der Waals surface area contributed by atoms with Gasteiger partial charge in [-0.05, 0) is 6.92 Å². The Bertz CT molecular complexity index is 308. The number of hydrogen-bond donors (Lipinski definition) is 2. The zero-order valence-electron chi connectivity index (χ0n) is 7.25. The monoisotopic (exact) mass is 183 g/mol. The third-order valence-electron chi connectivity index (χ3n) is 1.44.